The maximum absolute atomic E-state index is 14.0. The molecule has 1 N–H and O–H groups in total. The van der Waals surface area contributed by atoms with Crippen LogP contribution in [0.5, 0.6) is 0 Å². The first-order valence-corrected chi connectivity index (χ1v) is 10.8. The van der Waals surface area contributed by atoms with E-state index in [1.807, 2.05) is 43.3 Å². The minimum Gasteiger partial charge on any atom is -0.478 e. The summed E-state index contributed by atoms with van der Waals surface area (Å²) in [5.74, 6) is -2.85. The number of amides is 2. The van der Waals surface area contributed by atoms with Crippen LogP contribution in [0, 0.1) is 11.3 Å². The van der Waals surface area contributed by atoms with Crippen LogP contribution in [0.4, 0.5) is 5.69 Å². The topological polar surface area (TPSA) is 74.7 Å². The number of nitrogens with zero attached hydrogens (tertiary/aromatic N) is 1. The number of carbonyl (C=O) groups is 3. The number of rotatable bonds is 2. The first kappa shape index (κ1) is 19.3. The van der Waals surface area contributed by atoms with Crippen molar-refractivity contribution < 1.29 is 19.5 Å². The van der Waals surface area contributed by atoms with E-state index in [2.05, 4.69) is 12.1 Å². The molecule has 32 heavy (non-hydrogen) atoms. The number of imide groups is 1. The van der Waals surface area contributed by atoms with Crippen LogP contribution in [0.25, 0.3) is 0 Å². The molecule has 0 spiro atoms. The monoisotopic (exact) mass is 443 g/mol. The summed E-state index contributed by atoms with van der Waals surface area (Å²) in [6.07, 6.45) is 0. The van der Waals surface area contributed by atoms with Gasteiger partial charge in [0.1, 0.15) is 0 Å². The van der Waals surface area contributed by atoms with Gasteiger partial charge in [-0.3, -0.25) is 9.59 Å². The zero-order chi connectivity index (χ0) is 22.4. The van der Waals surface area contributed by atoms with Crippen LogP contribution in [0.1, 0.15) is 51.4 Å². The van der Waals surface area contributed by atoms with Crippen LogP contribution in [0.3, 0.4) is 0 Å². The summed E-state index contributed by atoms with van der Waals surface area (Å²) < 4.78 is 0. The molecule has 0 radical (unpaired) electrons. The Hall–Kier alpha value is -3.44. The van der Waals surface area contributed by atoms with Crippen molar-refractivity contribution >= 4 is 35.1 Å². The van der Waals surface area contributed by atoms with Crippen LogP contribution in [0.2, 0.25) is 5.02 Å². The van der Waals surface area contributed by atoms with Crippen LogP contribution < -0.4 is 4.90 Å². The van der Waals surface area contributed by atoms with E-state index >= 15 is 0 Å². The molecule has 5 nitrogen and oxygen atoms in total. The highest BCUT2D eigenvalue weighted by atomic mass is 35.5. The summed E-state index contributed by atoms with van der Waals surface area (Å²) in [6, 6.07) is 20.3. The van der Waals surface area contributed by atoms with Gasteiger partial charge in [-0.25, -0.2) is 9.69 Å². The molecule has 0 saturated carbocycles. The molecule has 0 unspecified atom stereocenters. The second kappa shape index (κ2) is 6.30. The lowest BCUT2D eigenvalue weighted by atomic mass is 9.48. The minimum atomic E-state index is -1.21. The summed E-state index contributed by atoms with van der Waals surface area (Å²) >= 11 is 6.03. The summed E-state index contributed by atoms with van der Waals surface area (Å²) in [6.45, 7) is 1.88. The van der Waals surface area contributed by atoms with E-state index < -0.39 is 17.3 Å². The molecule has 158 valence electrons. The molecule has 1 saturated heterocycles. The third-order valence-electron chi connectivity index (χ3n) is 7.45. The van der Waals surface area contributed by atoms with Gasteiger partial charge in [0.15, 0.2) is 0 Å². The lowest BCUT2D eigenvalue weighted by Gasteiger charge is -2.51. The second-order valence-corrected chi connectivity index (χ2v) is 9.28. The molecule has 0 aromatic heterocycles. The predicted octanol–water partition coefficient (Wildman–Crippen LogP) is 4.82. The number of carbonyl (C=O) groups excluding carboxylic acids is 2. The zero-order valence-electron chi connectivity index (χ0n) is 17.1. The normalized spacial score (nSPS) is 27.2. The summed E-state index contributed by atoms with van der Waals surface area (Å²) in [5.41, 5.74) is 3.48. The van der Waals surface area contributed by atoms with Crippen molar-refractivity contribution in [2.24, 2.45) is 11.3 Å². The van der Waals surface area contributed by atoms with Crippen molar-refractivity contribution in [2.45, 2.75) is 18.8 Å². The Morgan fingerprint density at radius 2 is 1.50 bits per heavy atom. The molecule has 4 aliphatic rings. The highest BCUT2D eigenvalue weighted by Gasteiger charge is 2.68. The molecule has 3 aromatic carbocycles. The van der Waals surface area contributed by atoms with E-state index in [-0.39, 0.29) is 39.9 Å². The van der Waals surface area contributed by atoms with Gasteiger partial charge in [0.25, 0.3) is 0 Å². The number of halogens is 1. The molecular formula is C26H18ClNO4. The van der Waals surface area contributed by atoms with Gasteiger partial charge in [-0.05, 0) is 47.4 Å². The van der Waals surface area contributed by atoms with Gasteiger partial charge in [0.05, 0.1) is 27.6 Å². The minimum absolute atomic E-state index is 0.0591. The van der Waals surface area contributed by atoms with Crippen molar-refractivity contribution in [3.63, 3.8) is 0 Å². The number of hydrogen-bond donors (Lipinski definition) is 1. The summed E-state index contributed by atoms with van der Waals surface area (Å²) in [7, 11) is 0. The van der Waals surface area contributed by atoms with Gasteiger partial charge in [0, 0.05) is 11.8 Å². The number of aromatic carboxylic acids is 1. The highest BCUT2D eigenvalue weighted by molar-refractivity contribution is 6.34. The molecule has 2 bridgehead atoms. The summed E-state index contributed by atoms with van der Waals surface area (Å²) in [5, 5.41) is 9.54. The van der Waals surface area contributed by atoms with E-state index in [0.29, 0.717) is 0 Å². The molecule has 3 aliphatic carbocycles. The standard InChI is InChI=1S/C26H18ClNO4/c1-26-21-16-8-4-2-6-14(16)20(15-7-3-5-9-17(15)21)22(26)23(29)28(25(26)32)13-10-11-19(27)18(12-13)24(30)31/h2-12,20-22H,1H3,(H,30,31)/t20?,21?,22-,26+/m0/s1. The Bertz CT molecular complexity index is 1320. The predicted molar refractivity (Wildman–Crippen MR) is 119 cm³/mol. The smallest absolute Gasteiger partial charge is 0.337 e. The molecule has 2 amide bonds. The number of carboxylic acids is 1. The molecule has 3 aromatic rings. The molecule has 1 aliphatic heterocycles. The molecule has 1 heterocycles. The van der Waals surface area contributed by atoms with E-state index in [1.54, 1.807) is 0 Å². The van der Waals surface area contributed by atoms with Crippen molar-refractivity contribution in [3.8, 4) is 0 Å². The number of carboxylic acid groups (broad SMARTS) is 1. The van der Waals surface area contributed by atoms with E-state index in [4.69, 9.17) is 11.6 Å². The van der Waals surface area contributed by atoms with Crippen LogP contribution in [-0.4, -0.2) is 22.9 Å². The number of anilines is 1. The maximum atomic E-state index is 14.0. The molecular weight excluding hydrogens is 426 g/mol. The Morgan fingerprint density at radius 1 is 0.938 bits per heavy atom. The van der Waals surface area contributed by atoms with Crippen molar-refractivity contribution in [2.75, 3.05) is 4.90 Å². The largest absolute Gasteiger partial charge is 0.478 e. The molecule has 7 rings (SSSR count). The van der Waals surface area contributed by atoms with E-state index in [9.17, 15) is 19.5 Å². The van der Waals surface area contributed by atoms with Crippen molar-refractivity contribution in [3.05, 3.63) is 99.6 Å². The molecule has 6 heteroatoms. The van der Waals surface area contributed by atoms with Gasteiger partial charge in [-0.15, -0.1) is 0 Å². The summed E-state index contributed by atoms with van der Waals surface area (Å²) in [4.78, 5) is 40.6. The van der Waals surface area contributed by atoms with Crippen LogP contribution in [0.15, 0.2) is 66.7 Å². The lowest BCUT2D eigenvalue weighted by Crippen LogP contribution is -2.49. The Balaban J connectivity index is 1.58. The van der Waals surface area contributed by atoms with Gasteiger partial charge in [-0.2, -0.15) is 0 Å². The average molecular weight is 444 g/mol. The van der Waals surface area contributed by atoms with E-state index in [1.165, 1.54) is 23.1 Å². The second-order valence-electron chi connectivity index (χ2n) is 8.88. The first-order chi connectivity index (χ1) is 15.4. The molecule has 1 fully saturated rings. The molecule has 2 atom stereocenters. The van der Waals surface area contributed by atoms with Crippen molar-refractivity contribution in [1.82, 2.24) is 0 Å². The highest BCUT2D eigenvalue weighted by Crippen LogP contribution is 2.67. The van der Waals surface area contributed by atoms with Gasteiger partial charge >= 0.3 is 5.97 Å². The Morgan fingerprint density at radius 3 is 2.06 bits per heavy atom. The quantitative estimate of drug-likeness (QED) is 0.576. The van der Waals surface area contributed by atoms with Gasteiger partial charge in [0.2, 0.25) is 11.8 Å². The Labute approximate surface area is 189 Å². The number of hydrogen-bond acceptors (Lipinski definition) is 3. The zero-order valence-corrected chi connectivity index (χ0v) is 17.8. The maximum Gasteiger partial charge on any atom is 0.337 e. The number of benzene rings is 3. The Kier molecular flexibility index (Phi) is 3.79. The van der Waals surface area contributed by atoms with Gasteiger partial charge in [-0.1, -0.05) is 60.1 Å². The SMILES string of the molecule is C[C@]12C(=O)N(c3ccc(Cl)c(C(=O)O)c3)C(=O)[C@@H]1C1c3ccccc3C2c2ccccc21. The average Bonchev–Trinajstić information content (AvgIpc) is 3.00. The van der Waals surface area contributed by atoms with Gasteiger partial charge < -0.3 is 5.11 Å². The first-order valence-electron chi connectivity index (χ1n) is 10.4. The lowest BCUT2D eigenvalue weighted by molar-refractivity contribution is -0.128. The fourth-order valence-corrected chi connectivity index (χ4v) is 6.37. The third-order valence-corrected chi connectivity index (χ3v) is 7.78. The van der Waals surface area contributed by atoms with Crippen LogP contribution >= 0.6 is 11.6 Å². The van der Waals surface area contributed by atoms with E-state index in [0.717, 1.165) is 22.3 Å². The third kappa shape index (κ3) is 2.16. The van der Waals surface area contributed by atoms with Crippen LogP contribution in [-0.2, 0) is 9.59 Å². The van der Waals surface area contributed by atoms with Crippen molar-refractivity contribution in [1.29, 1.82) is 0 Å². The fourth-order valence-electron chi connectivity index (χ4n) is 6.18. The fraction of sp³-hybridized carbons (Fsp3) is 0.192.